The maximum atomic E-state index is 11.9. The van der Waals surface area contributed by atoms with E-state index in [-0.39, 0.29) is 19.1 Å². The van der Waals surface area contributed by atoms with E-state index in [0.29, 0.717) is 4.88 Å². The molecule has 1 N–H and O–H groups in total. The Hall–Kier alpha value is -1.84. The van der Waals surface area contributed by atoms with E-state index in [2.05, 4.69) is 38.1 Å². The Morgan fingerprint density at radius 2 is 2.23 bits per heavy atom. The molecule has 22 heavy (non-hydrogen) atoms. The molecule has 0 radical (unpaired) electrons. The van der Waals surface area contributed by atoms with E-state index >= 15 is 0 Å². The molecule has 0 aliphatic heterocycles. The number of thiazole rings is 1. The van der Waals surface area contributed by atoms with Gasteiger partial charge in [-0.05, 0) is 32.0 Å². The van der Waals surface area contributed by atoms with Crippen molar-refractivity contribution >= 4 is 33.2 Å². The highest BCUT2D eigenvalue weighted by Gasteiger charge is 2.12. The number of aromatic nitrogens is 1. The molecule has 1 aromatic heterocycles. The van der Waals surface area contributed by atoms with Crippen LogP contribution in [0.2, 0.25) is 0 Å². The van der Waals surface area contributed by atoms with Crippen LogP contribution in [0.1, 0.15) is 20.4 Å². The molecule has 1 amide bonds. The van der Waals surface area contributed by atoms with Crippen LogP contribution in [-0.4, -0.2) is 24.0 Å². The fourth-order valence-corrected chi connectivity index (χ4v) is 2.95. The second-order valence-corrected chi connectivity index (χ2v) is 6.55. The van der Waals surface area contributed by atoms with Gasteiger partial charge in [-0.25, -0.2) is 4.98 Å². The van der Waals surface area contributed by atoms with Crippen molar-refractivity contribution in [1.29, 1.82) is 0 Å². The predicted octanol–water partition coefficient (Wildman–Crippen LogP) is 3.33. The summed E-state index contributed by atoms with van der Waals surface area (Å²) in [5.41, 5.74) is 0.756. The maximum absolute atomic E-state index is 11.9. The molecule has 4 nitrogen and oxygen atoms in total. The van der Waals surface area contributed by atoms with E-state index in [0.717, 1.165) is 20.9 Å². The van der Waals surface area contributed by atoms with E-state index in [1.54, 1.807) is 0 Å². The van der Waals surface area contributed by atoms with Crippen LogP contribution in [0.5, 0.6) is 5.75 Å². The molecule has 1 heterocycles. The van der Waals surface area contributed by atoms with Crippen molar-refractivity contribution < 1.29 is 9.53 Å². The van der Waals surface area contributed by atoms with Crippen molar-refractivity contribution in [3.8, 4) is 17.6 Å². The summed E-state index contributed by atoms with van der Waals surface area (Å²) in [7, 11) is 0. The van der Waals surface area contributed by atoms with Gasteiger partial charge >= 0.3 is 0 Å². The van der Waals surface area contributed by atoms with E-state index in [4.69, 9.17) is 4.74 Å². The minimum atomic E-state index is -0.134. The molecule has 0 fully saturated rings. The minimum Gasteiger partial charge on any atom is -0.481 e. The third-order valence-corrected chi connectivity index (χ3v) is 4.24. The highest BCUT2D eigenvalue weighted by molar-refractivity contribution is 9.10. The average Bonchev–Trinajstić information content (AvgIpc) is 2.81. The topological polar surface area (TPSA) is 51.2 Å². The molecule has 114 valence electrons. The number of carbonyl (C=O) groups excluding carboxylic acids is 1. The van der Waals surface area contributed by atoms with Gasteiger partial charge in [0.15, 0.2) is 0 Å². The first kappa shape index (κ1) is 16.5. The molecule has 0 bridgehead atoms. The van der Waals surface area contributed by atoms with Crippen LogP contribution in [0.4, 0.5) is 0 Å². The lowest BCUT2D eigenvalue weighted by Gasteiger charge is -2.01. The molecule has 6 heteroatoms. The summed E-state index contributed by atoms with van der Waals surface area (Å²) in [6.07, 6.45) is 0. The number of nitrogens with zero attached hydrogens (tertiary/aromatic N) is 1. The van der Waals surface area contributed by atoms with Crippen molar-refractivity contribution in [2.24, 2.45) is 0 Å². The second-order valence-electron chi connectivity index (χ2n) is 4.43. The third-order valence-electron chi connectivity index (χ3n) is 2.68. The monoisotopic (exact) mass is 378 g/mol. The Bertz CT molecular complexity index is 731. The average molecular weight is 379 g/mol. The Balaban J connectivity index is 1.75. The number of ether oxygens (including phenoxy) is 1. The maximum Gasteiger partial charge on any atom is 0.264 e. The summed E-state index contributed by atoms with van der Waals surface area (Å²) in [5.74, 6) is 6.35. The molecule has 2 rings (SSSR count). The molecule has 0 spiro atoms. The van der Waals surface area contributed by atoms with Crippen LogP contribution in [0.25, 0.3) is 0 Å². The predicted molar refractivity (Wildman–Crippen MR) is 91.3 cm³/mol. The van der Waals surface area contributed by atoms with Crippen LogP contribution >= 0.6 is 27.3 Å². The summed E-state index contributed by atoms with van der Waals surface area (Å²) in [6, 6.07) is 7.56. The molecule has 2 aromatic rings. The lowest BCUT2D eigenvalue weighted by Crippen LogP contribution is -2.23. The van der Waals surface area contributed by atoms with Gasteiger partial charge in [0.2, 0.25) is 0 Å². The quantitative estimate of drug-likeness (QED) is 0.830. The SMILES string of the molecule is Cc1nc(C)c(C(=O)NCC#CCOc2cccc(Br)c2)s1. The first-order chi connectivity index (χ1) is 10.6. The number of rotatable bonds is 4. The normalized spacial score (nSPS) is 9.77. The van der Waals surface area contributed by atoms with Crippen molar-refractivity contribution in [2.75, 3.05) is 13.2 Å². The summed E-state index contributed by atoms with van der Waals surface area (Å²) in [5, 5.41) is 3.64. The van der Waals surface area contributed by atoms with Crippen LogP contribution in [0, 0.1) is 25.7 Å². The standard InChI is InChI=1S/C16H15BrN2O2S/c1-11-15(22-12(2)19-11)16(20)18-8-3-4-9-21-14-7-5-6-13(17)10-14/h5-7,10H,8-9H2,1-2H3,(H,18,20). The molecular weight excluding hydrogens is 364 g/mol. The Labute approximate surface area is 142 Å². The number of aryl methyl sites for hydroxylation is 2. The summed E-state index contributed by atoms with van der Waals surface area (Å²) < 4.78 is 6.44. The van der Waals surface area contributed by atoms with Gasteiger partial charge in [0.1, 0.15) is 17.2 Å². The Morgan fingerprint density at radius 3 is 2.91 bits per heavy atom. The van der Waals surface area contributed by atoms with Gasteiger partial charge in [0.05, 0.1) is 17.2 Å². The Morgan fingerprint density at radius 1 is 1.41 bits per heavy atom. The van der Waals surface area contributed by atoms with Gasteiger partial charge in [-0.15, -0.1) is 11.3 Å². The van der Waals surface area contributed by atoms with Crippen LogP contribution in [0.15, 0.2) is 28.7 Å². The van der Waals surface area contributed by atoms with Crippen molar-refractivity contribution in [1.82, 2.24) is 10.3 Å². The van der Waals surface area contributed by atoms with Gasteiger partial charge in [0, 0.05) is 4.47 Å². The van der Waals surface area contributed by atoms with Crippen molar-refractivity contribution in [3.63, 3.8) is 0 Å². The molecular formula is C16H15BrN2O2S. The lowest BCUT2D eigenvalue weighted by atomic mass is 10.3. The number of benzene rings is 1. The zero-order valence-electron chi connectivity index (χ0n) is 12.3. The number of hydrogen-bond acceptors (Lipinski definition) is 4. The number of nitrogens with one attached hydrogen (secondary N) is 1. The Kier molecular flexibility index (Phi) is 5.99. The molecule has 1 aromatic carbocycles. The molecule has 0 saturated heterocycles. The van der Waals surface area contributed by atoms with Gasteiger partial charge in [0.25, 0.3) is 5.91 Å². The number of amides is 1. The molecule has 0 aliphatic rings. The molecule has 0 aliphatic carbocycles. The highest BCUT2D eigenvalue weighted by atomic mass is 79.9. The van der Waals surface area contributed by atoms with E-state index in [9.17, 15) is 4.79 Å². The first-order valence-electron chi connectivity index (χ1n) is 6.62. The number of hydrogen-bond donors (Lipinski definition) is 1. The molecule has 0 unspecified atom stereocenters. The number of carbonyl (C=O) groups is 1. The van der Waals surface area contributed by atoms with Gasteiger partial charge in [-0.2, -0.15) is 0 Å². The van der Waals surface area contributed by atoms with Crippen LogP contribution in [0.3, 0.4) is 0 Å². The van der Waals surface area contributed by atoms with Gasteiger partial charge < -0.3 is 10.1 Å². The zero-order chi connectivity index (χ0) is 15.9. The van der Waals surface area contributed by atoms with E-state index in [1.165, 1.54) is 11.3 Å². The van der Waals surface area contributed by atoms with Crippen molar-refractivity contribution in [2.45, 2.75) is 13.8 Å². The lowest BCUT2D eigenvalue weighted by molar-refractivity contribution is 0.0962. The number of halogens is 1. The summed E-state index contributed by atoms with van der Waals surface area (Å²) in [6.45, 7) is 4.28. The van der Waals surface area contributed by atoms with Crippen LogP contribution < -0.4 is 10.1 Å². The fourth-order valence-electron chi connectivity index (χ4n) is 1.74. The summed E-state index contributed by atoms with van der Waals surface area (Å²) >= 11 is 4.76. The smallest absolute Gasteiger partial charge is 0.264 e. The first-order valence-corrected chi connectivity index (χ1v) is 8.23. The molecule has 0 atom stereocenters. The fraction of sp³-hybridized carbons (Fsp3) is 0.250. The zero-order valence-corrected chi connectivity index (χ0v) is 14.7. The second kappa shape index (κ2) is 7.97. The van der Waals surface area contributed by atoms with E-state index < -0.39 is 0 Å². The van der Waals surface area contributed by atoms with Gasteiger partial charge in [-0.1, -0.05) is 33.8 Å². The largest absolute Gasteiger partial charge is 0.481 e. The van der Waals surface area contributed by atoms with Crippen LogP contribution in [-0.2, 0) is 0 Å². The minimum absolute atomic E-state index is 0.134. The summed E-state index contributed by atoms with van der Waals surface area (Å²) in [4.78, 5) is 16.8. The third kappa shape index (κ3) is 4.86. The van der Waals surface area contributed by atoms with E-state index in [1.807, 2.05) is 38.1 Å². The highest BCUT2D eigenvalue weighted by Crippen LogP contribution is 2.17. The van der Waals surface area contributed by atoms with Crippen molar-refractivity contribution in [3.05, 3.63) is 44.3 Å². The molecule has 0 saturated carbocycles. The van der Waals surface area contributed by atoms with Gasteiger partial charge in [-0.3, -0.25) is 4.79 Å².